The van der Waals surface area contributed by atoms with Crippen molar-refractivity contribution in [3.8, 4) is 0 Å². The van der Waals surface area contributed by atoms with Gasteiger partial charge in [0.05, 0.1) is 0 Å². The Morgan fingerprint density at radius 2 is 2.05 bits per heavy atom. The summed E-state index contributed by atoms with van der Waals surface area (Å²) in [7, 11) is 0. The van der Waals surface area contributed by atoms with Gasteiger partial charge in [-0.05, 0) is 17.4 Å². The highest BCUT2D eigenvalue weighted by Gasteiger charge is 2.30. The first-order valence-electron chi connectivity index (χ1n) is 6.80. The third-order valence-electron chi connectivity index (χ3n) is 3.44. The Hall–Kier alpha value is -0.910. The molecule has 19 heavy (non-hydrogen) atoms. The maximum atomic E-state index is 11.5. The highest BCUT2D eigenvalue weighted by Crippen LogP contribution is 2.26. The van der Waals surface area contributed by atoms with Crippen LogP contribution in [0, 0.1) is 5.92 Å². The molecule has 1 saturated heterocycles. The Morgan fingerprint density at radius 1 is 1.37 bits per heavy atom. The maximum Gasteiger partial charge on any atom is 0.326 e. The van der Waals surface area contributed by atoms with E-state index in [9.17, 15) is 9.90 Å². The Bertz CT molecular complexity index is 398. The van der Waals surface area contributed by atoms with Gasteiger partial charge in [0.1, 0.15) is 6.04 Å². The molecule has 2 rings (SSSR count). The van der Waals surface area contributed by atoms with Gasteiger partial charge in [-0.3, -0.25) is 9.69 Å². The van der Waals surface area contributed by atoms with Crippen molar-refractivity contribution in [1.82, 2.24) is 9.80 Å². The number of thiophene rings is 1. The highest BCUT2D eigenvalue weighted by atomic mass is 32.1. The van der Waals surface area contributed by atoms with E-state index in [1.807, 2.05) is 17.5 Å². The minimum atomic E-state index is -0.736. The molecular formula is C14H22N2O2S. The molecule has 1 unspecified atom stereocenters. The van der Waals surface area contributed by atoms with Crippen LogP contribution in [-0.4, -0.2) is 53.6 Å². The molecule has 1 atom stereocenters. The second-order valence-electron chi connectivity index (χ2n) is 5.49. The average molecular weight is 282 g/mol. The van der Waals surface area contributed by atoms with E-state index in [2.05, 4.69) is 23.6 Å². The summed E-state index contributed by atoms with van der Waals surface area (Å²) in [6, 6.07) is 3.37. The monoisotopic (exact) mass is 282 g/mol. The molecule has 1 aliphatic heterocycles. The lowest BCUT2D eigenvalue weighted by atomic mass is 10.1. The molecule has 0 bridgehead atoms. The fourth-order valence-electron chi connectivity index (χ4n) is 2.63. The Morgan fingerprint density at radius 3 is 2.53 bits per heavy atom. The van der Waals surface area contributed by atoms with Crippen LogP contribution in [0.2, 0.25) is 0 Å². The minimum Gasteiger partial charge on any atom is -0.480 e. The Balaban J connectivity index is 1.97. The number of piperazine rings is 1. The van der Waals surface area contributed by atoms with Gasteiger partial charge in [-0.15, -0.1) is 11.3 Å². The molecule has 4 nitrogen and oxygen atoms in total. The van der Waals surface area contributed by atoms with Crippen LogP contribution in [0.3, 0.4) is 0 Å². The van der Waals surface area contributed by atoms with Crippen LogP contribution in [-0.2, 0) is 4.79 Å². The number of carbonyl (C=O) groups is 1. The van der Waals surface area contributed by atoms with E-state index in [1.54, 1.807) is 0 Å². The molecule has 0 aromatic carbocycles. The van der Waals surface area contributed by atoms with Gasteiger partial charge in [-0.25, -0.2) is 0 Å². The number of aliphatic carboxylic acids is 1. The maximum absolute atomic E-state index is 11.5. The molecule has 0 spiro atoms. The molecule has 0 radical (unpaired) electrons. The molecule has 1 N–H and O–H groups in total. The third-order valence-corrected chi connectivity index (χ3v) is 4.37. The number of carboxylic acids is 1. The normalized spacial score (nSPS) is 19.7. The van der Waals surface area contributed by atoms with Crippen molar-refractivity contribution in [1.29, 1.82) is 0 Å². The second-order valence-corrected chi connectivity index (χ2v) is 6.47. The SMILES string of the molecule is CC(C)CN1CCN(C(C(=O)O)c2cccs2)CC1. The van der Waals surface area contributed by atoms with Crippen molar-refractivity contribution in [3.05, 3.63) is 22.4 Å². The number of hydrogen-bond donors (Lipinski definition) is 1. The fraction of sp³-hybridized carbons (Fsp3) is 0.643. The van der Waals surface area contributed by atoms with Gasteiger partial charge < -0.3 is 10.0 Å². The van der Waals surface area contributed by atoms with Crippen LogP contribution in [0.5, 0.6) is 0 Å². The Labute approximate surface area is 118 Å². The van der Waals surface area contributed by atoms with Gasteiger partial charge in [-0.1, -0.05) is 19.9 Å². The zero-order valence-corrected chi connectivity index (χ0v) is 12.4. The molecule has 1 aromatic rings. The average Bonchev–Trinajstić information content (AvgIpc) is 2.84. The van der Waals surface area contributed by atoms with Gasteiger partial charge >= 0.3 is 5.97 Å². The lowest BCUT2D eigenvalue weighted by Crippen LogP contribution is -2.49. The second kappa shape index (κ2) is 6.50. The third kappa shape index (κ3) is 3.78. The first-order valence-corrected chi connectivity index (χ1v) is 7.68. The highest BCUT2D eigenvalue weighted by molar-refractivity contribution is 7.10. The smallest absolute Gasteiger partial charge is 0.326 e. The largest absolute Gasteiger partial charge is 0.480 e. The van der Waals surface area contributed by atoms with E-state index in [-0.39, 0.29) is 0 Å². The van der Waals surface area contributed by atoms with Crippen molar-refractivity contribution in [2.75, 3.05) is 32.7 Å². The van der Waals surface area contributed by atoms with Crippen molar-refractivity contribution < 1.29 is 9.90 Å². The summed E-state index contributed by atoms with van der Waals surface area (Å²) < 4.78 is 0. The van der Waals surface area contributed by atoms with Gasteiger partial charge in [0, 0.05) is 37.6 Å². The standard InChI is InChI=1S/C14H22N2O2S/c1-11(2)10-15-5-7-16(8-6-15)13(14(17)18)12-4-3-9-19-12/h3-4,9,11,13H,5-8,10H2,1-2H3,(H,17,18). The van der Waals surface area contributed by atoms with Crippen LogP contribution >= 0.6 is 11.3 Å². The van der Waals surface area contributed by atoms with Crippen LogP contribution in [0.25, 0.3) is 0 Å². The van der Waals surface area contributed by atoms with E-state index < -0.39 is 12.0 Å². The lowest BCUT2D eigenvalue weighted by molar-refractivity contribution is -0.144. The summed E-state index contributed by atoms with van der Waals surface area (Å²) in [6.45, 7) is 9.14. The molecule has 0 saturated carbocycles. The van der Waals surface area contributed by atoms with Crippen LogP contribution in [0.15, 0.2) is 17.5 Å². The molecular weight excluding hydrogens is 260 g/mol. The number of carboxylic acid groups (broad SMARTS) is 1. The van der Waals surface area contributed by atoms with Crippen molar-refractivity contribution in [3.63, 3.8) is 0 Å². The van der Waals surface area contributed by atoms with E-state index in [0.717, 1.165) is 37.6 Å². The van der Waals surface area contributed by atoms with Gasteiger partial charge in [0.25, 0.3) is 0 Å². The summed E-state index contributed by atoms with van der Waals surface area (Å²) in [5, 5.41) is 11.4. The van der Waals surface area contributed by atoms with Crippen LogP contribution in [0.1, 0.15) is 24.8 Å². The zero-order valence-electron chi connectivity index (χ0n) is 11.6. The summed E-state index contributed by atoms with van der Waals surface area (Å²) in [4.78, 5) is 17.0. The van der Waals surface area contributed by atoms with Crippen molar-refractivity contribution in [2.24, 2.45) is 5.92 Å². The van der Waals surface area contributed by atoms with E-state index >= 15 is 0 Å². The van der Waals surface area contributed by atoms with Crippen LogP contribution < -0.4 is 0 Å². The summed E-state index contributed by atoms with van der Waals surface area (Å²) in [6.07, 6.45) is 0. The van der Waals surface area contributed by atoms with Gasteiger partial charge in [-0.2, -0.15) is 0 Å². The lowest BCUT2D eigenvalue weighted by Gasteiger charge is -2.38. The molecule has 1 aromatic heterocycles. The topological polar surface area (TPSA) is 43.8 Å². The molecule has 0 amide bonds. The zero-order chi connectivity index (χ0) is 13.8. The van der Waals surface area contributed by atoms with Gasteiger partial charge in [0.2, 0.25) is 0 Å². The van der Waals surface area contributed by atoms with Crippen LogP contribution in [0.4, 0.5) is 0 Å². The number of nitrogens with zero attached hydrogens (tertiary/aromatic N) is 2. The van der Waals surface area contributed by atoms with Gasteiger partial charge in [0.15, 0.2) is 0 Å². The molecule has 2 heterocycles. The van der Waals surface area contributed by atoms with E-state index in [4.69, 9.17) is 0 Å². The molecule has 1 aliphatic rings. The predicted molar refractivity (Wildman–Crippen MR) is 77.5 cm³/mol. The molecule has 0 aliphatic carbocycles. The summed E-state index contributed by atoms with van der Waals surface area (Å²) in [5.41, 5.74) is 0. The van der Waals surface area contributed by atoms with Crippen molar-refractivity contribution >= 4 is 17.3 Å². The van der Waals surface area contributed by atoms with E-state index in [0.29, 0.717) is 5.92 Å². The minimum absolute atomic E-state index is 0.471. The van der Waals surface area contributed by atoms with E-state index in [1.165, 1.54) is 11.3 Å². The van der Waals surface area contributed by atoms with Crippen molar-refractivity contribution in [2.45, 2.75) is 19.9 Å². The first-order chi connectivity index (χ1) is 9.08. The quantitative estimate of drug-likeness (QED) is 0.898. The fourth-order valence-corrected chi connectivity index (χ4v) is 3.48. The predicted octanol–water partition coefficient (Wildman–Crippen LogP) is 2.15. The summed E-state index contributed by atoms with van der Waals surface area (Å²) in [5.74, 6) is -0.0705. The molecule has 5 heteroatoms. The molecule has 106 valence electrons. The number of rotatable bonds is 5. The Kier molecular flexibility index (Phi) is 4.96. The number of hydrogen-bond acceptors (Lipinski definition) is 4. The molecule has 1 fully saturated rings. The first kappa shape index (κ1) is 14.5. The summed E-state index contributed by atoms with van der Waals surface area (Å²) >= 11 is 1.53.